The van der Waals surface area contributed by atoms with Gasteiger partial charge in [-0.15, -0.1) is 0 Å². The number of anilines is 1. The molecule has 1 heterocycles. The molecule has 0 aromatic carbocycles. The van der Waals surface area contributed by atoms with Crippen LogP contribution in [0.2, 0.25) is 0 Å². The number of carbonyl (C=O) groups is 3. The van der Waals surface area contributed by atoms with Crippen molar-refractivity contribution in [3.8, 4) is 11.8 Å². The second kappa shape index (κ2) is 12.1. The Morgan fingerprint density at radius 1 is 1.06 bits per heavy atom. The van der Waals surface area contributed by atoms with Crippen molar-refractivity contribution in [2.75, 3.05) is 18.5 Å². The Bertz CT molecular complexity index is 897. The van der Waals surface area contributed by atoms with Gasteiger partial charge in [0.1, 0.15) is 18.0 Å². The Morgan fingerprint density at radius 2 is 1.64 bits per heavy atom. The lowest BCUT2D eigenvalue weighted by Crippen LogP contribution is -2.48. The molecule has 3 amide bonds. The van der Waals surface area contributed by atoms with Crippen LogP contribution in [0.15, 0.2) is 6.07 Å². The van der Waals surface area contributed by atoms with Gasteiger partial charge >= 0.3 is 0 Å². The molecule has 2 unspecified atom stereocenters. The molecule has 0 fully saturated rings. The lowest BCUT2D eigenvalue weighted by molar-refractivity contribution is -0.131. The normalized spacial score (nSPS) is 15.1. The van der Waals surface area contributed by atoms with Crippen molar-refractivity contribution in [2.45, 2.75) is 59.8 Å². The van der Waals surface area contributed by atoms with E-state index in [2.05, 4.69) is 16.0 Å². The molecule has 0 saturated carbocycles. The van der Waals surface area contributed by atoms with Crippen LogP contribution in [-0.4, -0.2) is 56.6 Å². The van der Waals surface area contributed by atoms with E-state index < -0.39 is 55.4 Å². The number of hydrogen-bond acceptors (Lipinski definition) is 6. The molecular weight excluding hydrogens is 451 g/mol. The van der Waals surface area contributed by atoms with Gasteiger partial charge < -0.3 is 31.1 Å². The Labute approximate surface area is 194 Å². The van der Waals surface area contributed by atoms with Crippen LogP contribution >= 0.6 is 7.37 Å². The number of nitrogens with zero attached hydrogens (tertiary/aromatic N) is 1. The molecular formula is C21H37N4O7P. The highest BCUT2D eigenvalue weighted by Gasteiger charge is 2.33. The summed E-state index contributed by atoms with van der Waals surface area (Å²) in [6, 6.07) is 0.294. The summed E-state index contributed by atoms with van der Waals surface area (Å²) in [5, 5.41) is 27.8. The van der Waals surface area contributed by atoms with Crippen LogP contribution in [0.1, 0.15) is 47.5 Å². The first kappa shape index (κ1) is 28.5. The Kier molecular flexibility index (Phi) is 10.4. The van der Waals surface area contributed by atoms with Crippen LogP contribution in [0.5, 0.6) is 11.8 Å². The highest BCUT2D eigenvalue weighted by Crippen LogP contribution is 2.48. The molecule has 0 aliphatic rings. The number of rotatable bonds is 12. The van der Waals surface area contributed by atoms with E-state index >= 15 is 0 Å². The van der Waals surface area contributed by atoms with E-state index in [1.54, 1.807) is 0 Å². The van der Waals surface area contributed by atoms with Crippen molar-refractivity contribution in [3.63, 3.8) is 0 Å². The zero-order valence-electron chi connectivity index (χ0n) is 20.1. The van der Waals surface area contributed by atoms with E-state index in [1.807, 2.05) is 27.7 Å². The van der Waals surface area contributed by atoms with Gasteiger partial charge in [0.15, 0.2) is 5.88 Å². The fraction of sp³-hybridized carbons (Fsp3) is 0.667. The van der Waals surface area contributed by atoms with E-state index in [9.17, 15) is 34.1 Å². The largest absolute Gasteiger partial charge is 0.494 e. The summed E-state index contributed by atoms with van der Waals surface area (Å²) >= 11 is 0. The topological polar surface area (TPSA) is 170 Å². The summed E-state index contributed by atoms with van der Waals surface area (Å²) in [6.07, 6.45) is -0.352. The van der Waals surface area contributed by atoms with E-state index in [0.717, 1.165) is 10.6 Å². The van der Waals surface area contributed by atoms with E-state index in [4.69, 9.17) is 0 Å². The van der Waals surface area contributed by atoms with E-state index in [0.29, 0.717) is 12.8 Å². The highest BCUT2D eigenvalue weighted by molar-refractivity contribution is 7.56. The average Bonchev–Trinajstić information content (AvgIpc) is 2.91. The molecule has 1 aromatic heterocycles. The maximum atomic E-state index is 13.0. The van der Waals surface area contributed by atoms with Crippen molar-refractivity contribution < 1.29 is 34.1 Å². The zero-order chi connectivity index (χ0) is 25.5. The smallest absolute Gasteiger partial charge is 0.242 e. The van der Waals surface area contributed by atoms with Crippen molar-refractivity contribution >= 4 is 30.8 Å². The maximum absolute atomic E-state index is 13.0. The van der Waals surface area contributed by atoms with Gasteiger partial charge in [-0.3, -0.25) is 23.5 Å². The molecule has 0 saturated heterocycles. The number of aromatic hydroxyl groups is 2. The third-order valence-electron chi connectivity index (χ3n) is 4.94. The molecule has 0 aliphatic heterocycles. The van der Waals surface area contributed by atoms with Crippen LogP contribution in [-0.2, 0) is 25.2 Å². The van der Waals surface area contributed by atoms with Crippen molar-refractivity contribution in [2.24, 2.45) is 17.8 Å². The van der Waals surface area contributed by atoms with Gasteiger partial charge in [0.05, 0.1) is 0 Å². The summed E-state index contributed by atoms with van der Waals surface area (Å²) in [5.74, 6) is -3.12. The van der Waals surface area contributed by atoms with Crippen LogP contribution in [0.25, 0.3) is 0 Å². The van der Waals surface area contributed by atoms with Crippen LogP contribution < -0.4 is 16.0 Å². The average molecular weight is 489 g/mol. The van der Waals surface area contributed by atoms with Crippen molar-refractivity contribution in [1.82, 2.24) is 15.2 Å². The SMILES string of the molecule is CNC(=O)[C@H](CC(C)C)NC(=O)C(CC(C)C)CP(=O)(O)Cn1c(O)cc(NC(C)=O)c1O. The van der Waals surface area contributed by atoms with E-state index in [-0.39, 0.29) is 23.4 Å². The number of aromatic nitrogens is 1. The first-order valence-electron chi connectivity index (χ1n) is 10.9. The summed E-state index contributed by atoms with van der Waals surface area (Å²) in [4.78, 5) is 47.1. The number of hydrogen-bond donors (Lipinski definition) is 6. The van der Waals surface area contributed by atoms with Crippen LogP contribution in [0.4, 0.5) is 5.69 Å². The third kappa shape index (κ3) is 9.09. The number of amides is 3. The summed E-state index contributed by atoms with van der Waals surface area (Å²) in [5.41, 5.74) is -0.0985. The van der Waals surface area contributed by atoms with Gasteiger partial charge in [-0.05, 0) is 24.7 Å². The minimum Gasteiger partial charge on any atom is -0.494 e. The second-order valence-electron chi connectivity index (χ2n) is 9.15. The molecule has 3 atom stereocenters. The summed E-state index contributed by atoms with van der Waals surface area (Å²) < 4.78 is 13.8. The lowest BCUT2D eigenvalue weighted by Gasteiger charge is -2.25. The monoisotopic (exact) mass is 488 g/mol. The maximum Gasteiger partial charge on any atom is 0.242 e. The van der Waals surface area contributed by atoms with Crippen molar-refractivity contribution in [1.29, 1.82) is 0 Å². The molecule has 188 valence electrons. The predicted molar refractivity (Wildman–Crippen MR) is 125 cm³/mol. The minimum atomic E-state index is -4.09. The highest BCUT2D eigenvalue weighted by atomic mass is 31.2. The van der Waals surface area contributed by atoms with Crippen molar-refractivity contribution in [3.05, 3.63) is 6.07 Å². The van der Waals surface area contributed by atoms with Gasteiger partial charge in [-0.1, -0.05) is 27.7 Å². The van der Waals surface area contributed by atoms with Gasteiger partial charge in [0.25, 0.3) is 0 Å². The number of carbonyl (C=O) groups excluding carboxylic acids is 3. The first-order valence-corrected chi connectivity index (χ1v) is 12.9. The molecule has 12 heteroatoms. The second-order valence-corrected chi connectivity index (χ2v) is 11.5. The van der Waals surface area contributed by atoms with Crippen LogP contribution in [0.3, 0.4) is 0 Å². The molecule has 6 N–H and O–H groups in total. The fourth-order valence-electron chi connectivity index (χ4n) is 3.57. The Hall–Kier alpha value is -2.52. The summed E-state index contributed by atoms with van der Waals surface area (Å²) in [7, 11) is -2.62. The van der Waals surface area contributed by atoms with Gasteiger partial charge in [-0.2, -0.15) is 0 Å². The third-order valence-corrected chi connectivity index (χ3v) is 6.67. The molecule has 1 rings (SSSR count). The van der Waals surface area contributed by atoms with Gasteiger partial charge in [-0.25, -0.2) is 0 Å². The number of nitrogens with one attached hydrogen (secondary N) is 3. The predicted octanol–water partition coefficient (Wildman–Crippen LogP) is 2.02. The van der Waals surface area contributed by atoms with E-state index in [1.165, 1.54) is 14.0 Å². The summed E-state index contributed by atoms with van der Waals surface area (Å²) in [6.45, 7) is 8.79. The first-order chi connectivity index (χ1) is 15.2. The molecule has 33 heavy (non-hydrogen) atoms. The zero-order valence-corrected chi connectivity index (χ0v) is 21.0. The Balaban J connectivity index is 3.08. The standard InChI is InChI=1S/C21H37N4O7P/c1-12(2)7-15(19(28)24-16(8-13(3)4)20(29)22-6)10-33(31,32)11-25-18(27)9-17(21(25)30)23-14(5)26/h9,12-13,15-16,27,30H,7-8,10-11H2,1-6H3,(H,22,29)(H,23,26)(H,24,28)(H,31,32)/t15?,16-/m0/s1. The molecule has 0 spiro atoms. The Morgan fingerprint density at radius 3 is 2.12 bits per heavy atom. The van der Waals surface area contributed by atoms with Crippen LogP contribution in [0, 0.1) is 17.8 Å². The molecule has 11 nitrogen and oxygen atoms in total. The molecule has 0 aliphatic carbocycles. The quantitative estimate of drug-likeness (QED) is 0.244. The molecule has 1 aromatic rings. The molecule has 0 radical (unpaired) electrons. The minimum absolute atomic E-state index is 0.0315. The fourth-order valence-corrected chi connectivity index (χ4v) is 5.41. The van der Waals surface area contributed by atoms with Gasteiger partial charge in [0, 0.05) is 32.1 Å². The van der Waals surface area contributed by atoms with Gasteiger partial charge in [0.2, 0.25) is 31.0 Å². The number of likely N-dealkylation sites (N-methyl/N-ethyl adjacent to an activating group) is 1. The molecule has 0 bridgehead atoms. The lowest BCUT2D eigenvalue weighted by atomic mass is 9.96.